The van der Waals surface area contributed by atoms with Gasteiger partial charge in [-0.2, -0.15) is 5.10 Å². The molecule has 0 radical (unpaired) electrons. The fourth-order valence-electron chi connectivity index (χ4n) is 5.87. The van der Waals surface area contributed by atoms with Crippen molar-refractivity contribution in [1.29, 1.82) is 0 Å². The van der Waals surface area contributed by atoms with Crippen LogP contribution < -0.4 is 0 Å². The predicted octanol–water partition coefficient (Wildman–Crippen LogP) is 5.03. The fraction of sp³-hybridized carbons (Fsp3) is 0.606. The quantitative estimate of drug-likeness (QED) is 0.382. The molecule has 2 aromatic rings. The molecule has 0 spiro atoms. The number of benzene rings is 1. The van der Waals surface area contributed by atoms with Crippen LogP contribution >= 0.6 is 0 Å². The normalized spacial score (nSPS) is 29.1. The standard InChI is InChI=1S/C33H45FN4O5/c1-21-5-9-26(39)18-31(40)43-32(22(2)6-10-30(21)42-33(41)37-13-11-36(4)12-14-37)23(3)15-25-16-28(34)27-20-38(19-24-7-8-24)35-29(27)17-25/h6,10,15-17,20-22,24,26,30,32,39H,5,7-9,11-14,18-19H2,1-4H3/b10-6+,23-15+/t21-,22-,26+,30+,32-/m0/s1. The highest BCUT2D eigenvalue weighted by Crippen LogP contribution is 2.32. The predicted molar refractivity (Wildman–Crippen MR) is 163 cm³/mol. The van der Waals surface area contributed by atoms with Gasteiger partial charge in [0.25, 0.3) is 0 Å². The number of amides is 1. The van der Waals surface area contributed by atoms with Gasteiger partial charge in [0.15, 0.2) is 0 Å². The van der Waals surface area contributed by atoms with Crippen LogP contribution in [-0.2, 0) is 20.8 Å². The third-order valence-electron chi connectivity index (χ3n) is 8.89. The van der Waals surface area contributed by atoms with Crippen molar-refractivity contribution in [2.24, 2.45) is 17.8 Å². The Balaban J connectivity index is 1.37. The maximum Gasteiger partial charge on any atom is 0.410 e. The smallest absolute Gasteiger partial charge is 0.410 e. The zero-order chi connectivity index (χ0) is 30.7. The second-order valence-corrected chi connectivity index (χ2v) is 12.8. The van der Waals surface area contributed by atoms with E-state index < -0.39 is 24.3 Å². The summed E-state index contributed by atoms with van der Waals surface area (Å²) < 4.78 is 28.8. The number of aliphatic hydroxyl groups excluding tert-OH is 1. The number of fused-ring (bicyclic) bond motifs is 1. The number of carbonyl (C=O) groups excluding carboxylic acids is 2. The van der Waals surface area contributed by atoms with Crippen LogP contribution in [0.5, 0.6) is 0 Å². The number of piperazine rings is 1. The van der Waals surface area contributed by atoms with Crippen molar-refractivity contribution in [2.75, 3.05) is 33.2 Å². The molecule has 234 valence electrons. The summed E-state index contributed by atoms with van der Waals surface area (Å²) in [6.07, 6.45) is 8.24. The molecule has 0 unspecified atom stereocenters. The number of halogens is 1. The molecule has 1 aromatic carbocycles. The molecule has 9 nitrogen and oxygen atoms in total. The van der Waals surface area contributed by atoms with E-state index in [9.17, 15) is 14.7 Å². The second kappa shape index (κ2) is 13.6. The Morgan fingerprint density at radius 3 is 2.60 bits per heavy atom. The lowest BCUT2D eigenvalue weighted by Gasteiger charge is -2.33. The molecule has 2 fully saturated rings. The molecule has 5 atom stereocenters. The molecule has 1 amide bonds. The van der Waals surface area contributed by atoms with Crippen LogP contribution in [0.4, 0.5) is 9.18 Å². The molecule has 3 heterocycles. The van der Waals surface area contributed by atoms with Crippen LogP contribution in [0.25, 0.3) is 17.0 Å². The van der Waals surface area contributed by atoms with Gasteiger partial charge in [-0.25, -0.2) is 9.18 Å². The number of cyclic esters (lactones) is 1. The summed E-state index contributed by atoms with van der Waals surface area (Å²) in [5, 5.41) is 15.7. The van der Waals surface area contributed by atoms with E-state index in [1.54, 1.807) is 11.1 Å². The average Bonchev–Trinajstić information content (AvgIpc) is 3.68. The van der Waals surface area contributed by atoms with E-state index >= 15 is 4.39 Å². The van der Waals surface area contributed by atoms with Gasteiger partial charge in [0, 0.05) is 44.8 Å². The van der Waals surface area contributed by atoms with Gasteiger partial charge in [-0.3, -0.25) is 9.48 Å². The maximum absolute atomic E-state index is 15.1. The number of esters is 1. The summed E-state index contributed by atoms with van der Waals surface area (Å²) >= 11 is 0. The van der Waals surface area contributed by atoms with E-state index in [2.05, 4.69) is 10.00 Å². The summed E-state index contributed by atoms with van der Waals surface area (Å²) in [5.74, 6) is -0.545. The molecule has 43 heavy (non-hydrogen) atoms. The SMILES string of the molecule is C/C(=C\c1cc(F)c2cn(CC3CC3)nc2c1)[C@H]1OC(=O)C[C@H](O)CC[C@H](C)[C@H](OC(=O)N2CCN(C)CC2)/C=C/[C@@H]1C. The summed E-state index contributed by atoms with van der Waals surface area (Å²) in [5.41, 5.74) is 1.95. The van der Waals surface area contributed by atoms with Crippen molar-refractivity contribution >= 4 is 29.0 Å². The fourth-order valence-corrected chi connectivity index (χ4v) is 5.87. The van der Waals surface area contributed by atoms with E-state index in [0.29, 0.717) is 48.3 Å². The Bertz CT molecular complexity index is 1360. The Labute approximate surface area is 253 Å². The first kappa shape index (κ1) is 31.2. The van der Waals surface area contributed by atoms with Gasteiger partial charge in [0.1, 0.15) is 18.0 Å². The topological polar surface area (TPSA) is 97.1 Å². The summed E-state index contributed by atoms with van der Waals surface area (Å²) in [6.45, 7) is 9.41. The van der Waals surface area contributed by atoms with Crippen LogP contribution in [0.3, 0.4) is 0 Å². The van der Waals surface area contributed by atoms with Crippen molar-refractivity contribution in [3.8, 4) is 0 Å². The van der Waals surface area contributed by atoms with Gasteiger partial charge in [-0.15, -0.1) is 0 Å². The Kier molecular flexibility index (Phi) is 9.86. The average molecular weight is 597 g/mol. The molecule has 5 rings (SSSR count). The lowest BCUT2D eigenvalue weighted by Crippen LogP contribution is -2.48. The molecule has 2 aliphatic heterocycles. The Morgan fingerprint density at radius 2 is 1.88 bits per heavy atom. The summed E-state index contributed by atoms with van der Waals surface area (Å²) in [4.78, 5) is 29.8. The number of likely N-dealkylation sites (N-methyl/N-ethyl adjacent to an activating group) is 1. The minimum absolute atomic E-state index is 0.0607. The minimum atomic E-state index is -0.866. The number of carbonyl (C=O) groups is 2. The van der Waals surface area contributed by atoms with E-state index in [0.717, 1.165) is 25.2 Å². The molecular weight excluding hydrogens is 551 g/mol. The molecule has 10 heteroatoms. The van der Waals surface area contributed by atoms with Crippen LogP contribution in [-0.4, -0.2) is 88.3 Å². The molecule has 3 aliphatic rings. The van der Waals surface area contributed by atoms with Crippen LogP contribution in [0.2, 0.25) is 0 Å². The summed E-state index contributed by atoms with van der Waals surface area (Å²) in [7, 11) is 2.03. The van der Waals surface area contributed by atoms with Crippen molar-refractivity contribution in [1.82, 2.24) is 19.6 Å². The number of aliphatic hydroxyl groups is 1. The van der Waals surface area contributed by atoms with Crippen molar-refractivity contribution in [3.05, 3.63) is 47.4 Å². The maximum atomic E-state index is 15.1. The van der Waals surface area contributed by atoms with Gasteiger partial charge in [0.05, 0.1) is 23.4 Å². The summed E-state index contributed by atoms with van der Waals surface area (Å²) in [6, 6.07) is 3.33. The lowest BCUT2D eigenvalue weighted by molar-refractivity contribution is -0.151. The van der Waals surface area contributed by atoms with Gasteiger partial charge >= 0.3 is 12.1 Å². The highest BCUT2D eigenvalue weighted by Gasteiger charge is 2.29. The lowest BCUT2D eigenvalue weighted by atomic mass is 9.91. The van der Waals surface area contributed by atoms with Crippen LogP contribution in [0.1, 0.15) is 58.4 Å². The van der Waals surface area contributed by atoms with E-state index in [1.165, 1.54) is 18.9 Å². The number of hydrogen-bond donors (Lipinski definition) is 1. The number of rotatable bonds is 5. The zero-order valence-corrected chi connectivity index (χ0v) is 25.7. The Morgan fingerprint density at radius 1 is 1.14 bits per heavy atom. The highest BCUT2D eigenvalue weighted by molar-refractivity contribution is 5.82. The first-order valence-electron chi connectivity index (χ1n) is 15.6. The number of ether oxygens (including phenoxy) is 2. The number of aromatic nitrogens is 2. The van der Waals surface area contributed by atoms with E-state index in [-0.39, 0.29) is 30.2 Å². The van der Waals surface area contributed by atoms with Crippen molar-refractivity contribution in [2.45, 2.75) is 77.7 Å². The molecule has 1 aromatic heterocycles. The van der Waals surface area contributed by atoms with Gasteiger partial charge in [0.2, 0.25) is 0 Å². The molecule has 1 N–H and O–H groups in total. The van der Waals surface area contributed by atoms with E-state index in [1.807, 2.05) is 56.8 Å². The molecule has 1 saturated carbocycles. The monoisotopic (exact) mass is 596 g/mol. The van der Waals surface area contributed by atoms with Gasteiger partial charge in [-0.05, 0) is 80.8 Å². The highest BCUT2D eigenvalue weighted by atomic mass is 19.1. The number of nitrogens with zero attached hydrogens (tertiary/aromatic N) is 4. The zero-order valence-electron chi connectivity index (χ0n) is 25.7. The minimum Gasteiger partial charge on any atom is -0.457 e. The van der Waals surface area contributed by atoms with Crippen LogP contribution in [0.15, 0.2) is 36.1 Å². The molecule has 1 aliphatic carbocycles. The van der Waals surface area contributed by atoms with Crippen molar-refractivity contribution < 1.29 is 28.6 Å². The Hall–Kier alpha value is -3.24. The first-order valence-corrected chi connectivity index (χ1v) is 15.6. The van der Waals surface area contributed by atoms with E-state index in [4.69, 9.17) is 9.47 Å². The largest absolute Gasteiger partial charge is 0.457 e. The number of hydrogen-bond acceptors (Lipinski definition) is 7. The molecular formula is C33H45FN4O5. The molecule has 1 saturated heterocycles. The van der Waals surface area contributed by atoms with Gasteiger partial charge in [-0.1, -0.05) is 26.0 Å². The van der Waals surface area contributed by atoms with Crippen molar-refractivity contribution in [3.63, 3.8) is 0 Å². The van der Waals surface area contributed by atoms with Crippen LogP contribution in [0, 0.1) is 23.6 Å². The third kappa shape index (κ3) is 8.23. The third-order valence-corrected chi connectivity index (χ3v) is 8.89. The first-order chi connectivity index (χ1) is 20.5. The molecule has 0 bridgehead atoms. The second-order valence-electron chi connectivity index (χ2n) is 12.8. The van der Waals surface area contributed by atoms with Gasteiger partial charge < -0.3 is 24.4 Å².